The molecule has 0 radical (unpaired) electrons. The summed E-state index contributed by atoms with van der Waals surface area (Å²) in [6, 6.07) is 0.239. The molecule has 0 spiro atoms. The van der Waals surface area contributed by atoms with Crippen LogP contribution in [-0.2, 0) is 9.53 Å². The molecule has 0 aromatic rings. The summed E-state index contributed by atoms with van der Waals surface area (Å²) in [5.41, 5.74) is 0. The molecular formula is C12H20BrNO2. The molecule has 4 heteroatoms. The van der Waals surface area contributed by atoms with E-state index >= 15 is 0 Å². The zero-order valence-corrected chi connectivity index (χ0v) is 11.4. The van der Waals surface area contributed by atoms with Crippen molar-refractivity contribution in [1.82, 2.24) is 4.90 Å². The molecule has 1 heterocycles. The molecule has 3 nitrogen and oxygen atoms in total. The molecule has 1 amide bonds. The first-order chi connectivity index (χ1) is 7.70. The van der Waals surface area contributed by atoms with E-state index in [9.17, 15) is 4.79 Å². The van der Waals surface area contributed by atoms with Crippen LogP contribution in [0.3, 0.4) is 0 Å². The van der Waals surface area contributed by atoms with E-state index in [-0.39, 0.29) is 12.1 Å². The van der Waals surface area contributed by atoms with Gasteiger partial charge in [-0.25, -0.2) is 0 Å². The Morgan fingerprint density at radius 3 is 2.81 bits per heavy atom. The van der Waals surface area contributed by atoms with E-state index in [1.54, 1.807) is 0 Å². The highest BCUT2D eigenvalue weighted by molar-refractivity contribution is 9.09. The lowest BCUT2D eigenvalue weighted by atomic mass is 9.82. The average Bonchev–Trinajstić information content (AvgIpc) is 2.24. The van der Waals surface area contributed by atoms with Crippen LogP contribution < -0.4 is 0 Å². The number of amides is 1. The minimum atomic E-state index is 0.168. The molecule has 2 rings (SSSR count). The van der Waals surface area contributed by atoms with Gasteiger partial charge in [-0.1, -0.05) is 22.4 Å². The third-order valence-electron chi connectivity index (χ3n) is 3.69. The number of nitrogens with zero attached hydrogens (tertiary/aromatic N) is 1. The summed E-state index contributed by atoms with van der Waals surface area (Å²) in [6.45, 7) is 3.49. The van der Waals surface area contributed by atoms with Crippen LogP contribution in [0.5, 0.6) is 0 Å². The van der Waals surface area contributed by atoms with Gasteiger partial charge in [-0.2, -0.15) is 0 Å². The Bertz CT molecular complexity index is 255. The summed E-state index contributed by atoms with van der Waals surface area (Å²) >= 11 is 3.42. The van der Waals surface area contributed by atoms with Crippen LogP contribution in [-0.4, -0.2) is 41.4 Å². The number of halogens is 1. The second-order valence-corrected chi connectivity index (χ2v) is 5.65. The maximum Gasteiger partial charge on any atom is 0.223 e. The van der Waals surface area contributed by atoms with Gasteiger partial charge in [0.15, 0.2) is 0 Å². The second kappa shape index (κ2) is 5.50. The van der Waals surface area contributed by atoms with Gasteiger partial charge in [-0.3, -0.25) is 4.79 Å². The third kappa shape index (κ3) is 2.77. The van der Waals surface area contributed by atoms with Gasteiger partial charge in [0, 0.05) is 18.3 Å². The molecule has 16 heavy (non-hydrogen) atoms. The average molecular weight is 290 g/mol. The lowest BCUT2D eigenvalue weighted by Crippen LogP contribution is -2.52. The van der Waals surface area contributed by atoms with Crippen molar-refractivity contribution >= 4 is 21.8 Å². The van der Waals surface area contributed by atoms with Gasteiger partial charge in [-0.05, 0) is 25.7 Å². The van der Waals surface area contributed by atoms with Crippen molar-refractivity contribution < 1.29 is 9.53 Å². The molecule has 0 N–H and O–H groups in total. The first-order valence-electron chi connectivity index (χ1n) is 6.17. The predicted molar refractivity (Wildman–Crippen MR) is 66.7 cm³/mol. The van der Waals surface area contributed by atoms with Crippen LogP contribution >= 0.6 is 15.9 Å². The van der Waals surface area contributed by atoms with E-state index < -0.39 is 0 Å². The summed E-state index contributed by atoms with van der Waals surface area (Å²) in [4.78, 5) is 14.1. The first kappa shape index (κ1) is 12.4. The lowest BCUT2D eigenvalue weighted by molar-refractivity contribution is -0.144. The monoisotopic (exact) mass is 289 g/mol. The Morgan fingerprint density at radius 2 is 2.25 bits per heavy atom. The van der Waals surface area contributed by atoms with E-state index in [0.29, 0.717) is 18.4 Å². The maximum atomic E-state index is 12.1. The van der Waals surface area contributed by atoms with Crippen molar-refractivity contribution in [2.45, 2.75) is 44.8 Å². The number of alkyl halides is 1. The van der Waals surface area contributed by atoms with Crippen molar-refractivity contribution in [2.24, 2.45) is 5.92 Å². The molecule has 2 atom stereocenters. The van der Waals surface area contributed by atoms with Crippen molar-refractivity contribution in [3.05, 3.63) is 0 Å². The van der Waals surface area contributed by atoms with E-state index in [0.717, 1.165) is 18.3 Å². The summed E-state index contributed by atoms with van der Waals surface area (Å²) in [5, 5.41) is 0.812. The minimum Gasteiger partial charge on any atom is -0.373 e. The molecule has 92 valence electrons. The van der Waals surface area contributed by atoms with Crippen molar-refractivity contribution in [2.75, 3.05) is 18.5 Å². The van der Waals surface area contributed by atoms with Crippen LogP contribution in [0, 0.1) is 5.92 Å². The van der Waals surface area contributed by atoms with E-state index in [1.807, 2.05) is 4.90 Å². The summed E-state index contributed by atoms with van der Waals surface area (Å²) in [5.74, 6) is 0.983. The Morgan fingerprint density at radius 1 is 1.50 bits per heavy atom. The molecule has 2 fully saturated rings. The molecule has 0 aromatic heterocycles. The molecule has 0 aromatic carbocycles. The predicted octanol–water partition coefficient (Wildman–Crippen LogP) is 2.19. The number of hydrogen-bond acceptors (Lipinski definition) is 2. The van der Waals surface area contributed by atoms with Crippen molar-refractivity contribution in [3.63, 3.8) is 0 Å². The fourth-order valence-electron chi connectivity index (χ4n) is 2.32. The van der Waals surface area contributed by atoms with Gasteiger partial charge in [0.05, 0.1) is 18.8 Å². The van der Waals surface area contributed by atoms with Gasteiger partial charge in [0.25, 0.3) is 0 Å². The molecule has 1 aliphatic heterocycles. The molecule has 2 aliphatic rings. The normalized spacial score (nSPS) is 31.2. The molecule has 1 aliphatic carbocycles. The van der Waals surface area contributed by atoms with Crippen LogP contribution in [0.25, 0.3) is 0 Å². The van der Waals surface area contributed by atoms with Gasteiger partial charge in [0.2, 0.25) is 5.91 Å². The van der Waals surface area contributed by atoms with Gasteiger partial charge in [-0.15, -0.1) is 0 Å². The Balaban J connectivity index is 1.86. The first-order valence-corrected chi connectivity index (χ1v) is 7.30. The number of morpholine rings is 1. The zero-order valence-electron chi connectivity index (χ0n) is 9.82. The summed E-state index contributed by atoms with van der Waals surface area (Å²) < 4.78 is 5.62. The van der Waals surface area contributed by atoms with Gasteiger partial charge < -0.3 is 9.64 Å². The van der Waals surface area contributed by atoms with Gasteiger partial charge >= 0.3 is 0 Å². The Hall–Kier alpha value is -0.0900. The fraction of sp³-hybridized carbons (Fsp3) is 0.917. The fourth-order valence-corrected chi connectivity index (χ4v) is 2.71. The highest BCUT2D eigenvalue weighted by Crippen LogP contribution is 2.30. The van der Waals surface area contributed by atoms with E-state index in [2.05, 4.69) is 22.9 Å². The quantitative estimate of drug-likeness (QED) is 0.746. The molecule has 0 bridgehead atoms. The number of carbonyl (C=O) groups is 1. The van der Waals surface area contributed by atoms with Crippen molar-refractivity contribution in [3.8, 4) is 0 Å². The highest BCUT2D eigenvalue weighted by atomic mass is 79.9. The Labute approximate surface area is 106 Å². The minimum absolute atomic E-state index is 0.168. The zero-order chi connectivity index (χ0) is 11.5. The third-order valence-corrected chi connectivity index (χ3v) is 4.41. The van der Waals surface area contributed by atoms with Crippen LogP contribution in [0.15, 0.2) is 0 Å². The molecular weight excluding hydrogens is 270 g/mol. The van der Waals surface area contributed by atoms with E-state index in [1.165, 1.54) is 19.3 Å². The standard InChI is InChI=1S/C12H20BrNO2/c1-9-8-16-11(6-13)7-14(9)12(15)5-10-3-2-4-10/h9-11H,2-8H2,1H3. The smallest absolute Gasteiger partial charge is 0.223 e. The summed E-state index contributed by atoms with van der Waals surface area (Å²) in [6.07, 6.45) is 4.71. The molecule has 2 unspecified atom stereocenters. The topological polar surface area (TPSA) is 29.5 Å². The molecule has 1 saturated heterocycles. The largest absolute Gasteiger partial charge is 0.373 e. The SMILES string of the molecule is CC1COC(CBr)CN1C(=O)CC1CCC1. The van der Waals surface area contributed by atoms with Crippen LogP contribution in [0.1, 0.15) is 32.6 Å². The van der Waals surface area contributed by atoms with Gasteiger partial charge in [0.1, 0.15) is 0 Å². The number of ether oxygens (including phenoxy) is 1. The number of rotatable bonds is 3. The maximum absolute atomic E-state index is 12.1. The highest BCUT2D eigenvalue weighted by Gasteiger charge is 2.31. The summed E-state index contributed by atoms with van der Waals surface area (Å²) in [7, 11) is 0. The molecule has 1 saturated carbocycles. The number of hydrogen-bond donors (Lipinski definition) is 0. The lowest BCUT2D eigenvalue weighted by Gasteiger charge is -2.39. The Kier molecular flexibility index (Phi) is 4.25. The van der Waals surface area contributed by atoms with Crippen molar-refractivity contribution in [1.29, 1.82) is 0 Å². The van der Waals surface area contributed by atoms with Crippen LogP contribution in [0.4, 0.5) is 0 Å². The van der Waals surface area contributed by atoms with E-state index in [4.69, 9.17) is 4.74 Å². The van der Waals surface area contributed by atoms with Crippen LogP contribution in [0.2, 0.25) is 0 Å². The second-order valence-electron chi connectivity index (χ2n) is 5.01. The number of carbonyl (C=O) groups excluding carboxylic acids is 1.